The van der Waals surface area contributed by atoms with Gasteiger partial charge in [0.05, 0.1) is 18.6 Å². The second kappa shape index (κ2) is 4.97. The van der Waals surface area contributed by atoms with E-state index in [0.717, 1.165) is 25.7 Å². The van der Waals surface area contributed by atoms with Gasteiger partial charge in [0.1, 0.15) is 0 Å². The van der Waals surface area contributed by atoms with E-state index in [0.29, 0.717) is 6.61 Å². The minimum atomic E-state index is -0.228. The fourth-order valence-electron chi connectivity index (χ4n) is 4.16. The lowest BCUT2D eigenvalue weighted by Gasteiger charge is -2.45. The SMILES string of the molecule is CCOC(=O)[C@H]1[C@@H](C)C[C@H](O)CC12CCCC2. The number of carbonyl (C=O) groups is 1. The van der Waals surface area contributed by atoms with Crippen LogP contribution in [0.1, 0.15) is 52.4 Å². The van der Waals surface area contributed by atoms with E-state index in [1.54, 1.807) is 0 Å². The van der Waals surface area contributed by atoms with Gasteiger partial charge in [0.25, 0.3) is 0 Å². The Hall–Kier alpha value is -0.570. The van der Waals surface area contributed by atoms with E-state index in [2.05, 4.69) is 6.92 Å². The van der Waals surface area contributed by atoms with Crippen molar-refractivity contribution in [2.75, 3.05) is 6.61 Å². The summed E-state index contributed by atoms with van der Waals surface area (Å²) in [6.07, 6.45) is 5.85. The highest BCUT2D eigenvalue weighted by Crippen LogP contribution is 2.54. The predicted molar refractivity (Wildman–Crippen MR) is 65.4 cm³/mol. The van der Waals surface area contributed by atoms with Crippen molar-refractivity contribution in [2.45, 2.75) is 58.5 Å². The molecular weight excluding hydrogens is 216 g/mol. The molecule has 2 rings (SSSR count). The summed E-state index contributed by atoms with van der Waals surface area (Å²) in [5.41, 5.74) is 0.0311. The van der Waals surface area contributed by atoms with Crippen molar-refractivity contribution in [3.05, 3.63) is 0 Å². The fraction of sp³-hybridized carbons (Fsp3) is 0.929. The van der Waals surface area contributed by atoms with Crippen molar-refractivity contribution >= 4 is 5.97 Å². The minimum Gasteiger partial charge on any atom is -0.466 e. The molecule has 2 saturated carbocycles. The van der Waals surface area contributed by atoms with Gasteiger partial charge >= 0.3 is 5.97 Å². The molecule has 3 atom stereocenters. The molecule has 2 aliphatic carbocycles. The van der Waals surface area contributed by atoms with Crippen molar-refractivity contribution in [3.63, 3.8) is 0 Å². The molecule has 0 aromatic rings. The number of aliphatic hydroxyl groups is 1. The Morgan fingerprint density at radius 2 is 2.06 bits per heavy atom. The molecule has 0 bridgehead atoms. The molecule has 0 aromatic heterocycles. The molecule has 3 nitrogen and oxygen atoms in total. The summed E-state index contributed by atoms with van der Waals surface area (Å²) < 4.78 is 5.25. The van der Waals surface area contributed by atoms with Crippen LogP contribution in [-0.2, 0) is 9.53 Å². The molecule has 17 heavy (non-hydrogen) atoms. The Bertz CT molecular complexity index is 281. The first kappa shape index (κ1) is 12.9. The average Bonchev–Trinajstić information content (AvgIpc) is 2.65. The monoisotopic (exact) mass is 240 g/mol. The van der Waals surface area contributed by atoms with Gasteiger partial charge in [0.15, 0.2) is 0 Å². The topological polar surface area (TPSA) is 46.5 Å². The molecule has 0 radical (unpaired) electrons. The number of aliphatic hydroxyl groups excluding tert-OH is 1. The van der Waals surface area contributed by atoms with Gasteiger partial charge in [-0.25, -0.2) is 0 Å². The van der Waals surface area contributed by atoms with Gasteiger partial charge < -0.3 is 9.84 Å². The van der Waals surface area contributed by atoms with Crippen LogP contribution in [0.3, 0.4) is 0 Å². The Kier molecular flexibility index (Phi) is 3.76. The third-order valence-corrected chi connectivity index (χ3v) is 4.65. The third-order valence-electron chi connectivity index (χ3n) is 4.65. The van der Waals surface area contributed by atoms with Crippen molar-refractivity contribution in [3.8, 4) is 0 Å². The second-order valence-corrected chi connectivity index (χ2v) is 5.87. The Balaban J connectivity index is 2.21. The van der Waals surface area contributed by atoms with Crippen LogP contribution in [0.4, 0.5) is 0 Å². The summed E-state index contributed by atoms with van der Waals surface area (Å²) in [6, 6.07) is 0. The fourth-order valence-corrected chi connectivity index (χ4v) is 4.16. The molecule has 98 valence electrons. The van der Waals surface area contributed by atoms with Gasteiger partial charge in [-0.3, -0.25) is 4.79 Å². The number of carbonyl (C=O) groups excluding carboxylic acids is 1. The first-order valence-corrected chi connectivity index (χ1v) is 6.94. The smallest absolute Gasteiger partial charge is 0.309 e. The minimum absolute atomic E-state index is 0.00773. The van der Waals surface area contributed by atoms with Gasteiger partial charge in [-0.2, -0.15) is 0 Å². The number of ether oxygens (including phenoxy) is 1. The van der Waals surface area contributed by atoms with Gasteiger partial charge in [0.2, 0.25) is 0 Å². The Labute approximate surface area is 104 Å². The standard InChI is InChI=1S/C14H24O3/c1-3-17-13(16)12-10(2)8-11(15)9-14(12)6-4-5-7-14/h10-12,15H,3-9H2,1-2H3/t10-,11-,12+/m0/s1. The molecule has 0 amide bonds. The summed E-state index contributed by atoms with van der Waals surface area (Å²) in [6.45, 7) is 4.41. The van der Waals surface area contributed by atoms with E-state index in [4.69, 9.17) is 4.74 Å². The Morgan fingerprint density at radius 1 is 1.41 bits per heavy atom. The molecular formula is C14H24O3. The largest absolute Gasteiger partial charge is 0.466 e. The molecule has 1 spiro atoms. The zero-order chi connectivity index (χ0) is 12.5. The molecule has 0 heterocycles. The van der Waals surface area contributed by atoms with E-state index in [9.17, 15) is 9.90 Å². The third kappa shape index (κ3) is 2.35. The van der Waals surface area contributed by atoms with Crippen LogP contribution in [0, 0.1) is 17.3 Å². The van der Waals surface area contributed by atoms with E-state index < -0.39 is 0 Å². The molecule has 0 aliphatic heterocycles. The number of rotatable bonds is 2. The highest BCUT2D eigenvalue weighted by Gasteiger charge is 2.52. The van der Waals surface area contributed by atoms with E-state index in [1.165, 1.54) is 12.8 Å². The summed E-state index contributed by atoms with van der Waals surface area (Å²) in [5.74, 6) is 0.220. The van der Waals surface area contributed by atoms with Gasteiger partial charge in [0, 0.05) is 0 Å². The molecule has 2 fully saturated rings. The maximum atomic E-state index is 12.2. The van der Waals surface area contributed by atoms with Crippen LogP contribution in [-0.4, -0.2) is 23.8 Å². The average molecular weight is 240 g/mol. The second-order valence-electron chi connectivity index (χ2n) is 5.87. The molecule has 0 unspecified atom stereocenters. The van der Waals surface area contributed by atoms with Gasteiger partial charge in [-0.05, 0) is 43.9 Å². The van der Waals surface area contributed by atoms with Crippen molar-refractivity contribution < 1.29 is 14.6 Å². The van der Waals surface area contributed by atoms with E-state index in [-0.39, 0.29) is 29.3 Å². The van der Waals surface area contributed by atoms with Gasteiger partial charge in [-0.15, -0.1) is 0 Å². The van der Waals surface area contributed by atoms with Crippen molar-refractivity contribution in [1.29, 1.82) is 0 Å². The summed E-state index contributed by atoms with van der Waals surface area (Å²) >= 11 is 0. The first-order chi connectivity index (χ1) is 8.09. The maximum Gasteiger partial charge on any atom is 0.309 e. The predicted octanol–water partition coefficient (Wildman–Crippen LogP) is 2.52. The lowest BCUT2D eigenvalue weighted by molar-refractivity contribution is -0.161. The number of hydrogen-bond acceptors (Lipinski definition) is 3. The van der Waals surface area contributed by atoms with E-state index >= 15 is 0 Å². The van der Waals surface area contributed by atoms with Crippen LogP contribution in [0.15, 0.2) is 0 Å². The highest BCUT2D eigenvalue weighted by molar-refractivity contribution is 5.74. The summed E-state index contributed by atoms with van der Waals surface area (Å²) in [5, 5.41) is 9.98. The maximum absolute atomic E-state index is 12.2. The zero-order valence-electron chi connectivity index (χ0n) is 10.9. The molecule has 1 N–H and O–H groups in total. The van der Waals surface area contributed by atoms with Crippen LogP contribution in [0.5, 0.6) is 0 Å². The molecule has 2 aliphatic rings. The van der Waals surface area contributed by atoms with E-state index in [1.807, 2.05) is 6.92 Å². The normalized spacial score (nSPS) is 36.1. The van der Waals surface area contributed by atoms with Gasteiger partial charge in [-0.1, -0.05) is 19.8 Å². The molecule has 0 aromatic carbocycles. The zero-order valence-corrected chi connectivity index (χ0v) is 10.9. The van der Waals surface area contributed by atoms with Crippen LogP contribution >= 0.6 is 0 Å². The van der Waals surface area contributed by atoms with Crippen LogP contribution < -0.4 is 0 Å². The molecule has 3 heteroatoms. The first-order valence-electron chi connectivity index (χ1n) is 6.94. The number of esters is 1. The quantitative estimate of drug-likeness (QED) is 0.754. The number of hydrogen-bond donors (Lipinski definition) is 1. The van der Waals surface area contributed by atoms with Crippen LogP contribution in [0.2, 0.25) is 0 Å². The van der Waals surface area contributed by atoms with Crippen LogP contribution in [0.25, 0.3) is 0 Å². The van der Waals surface area contributed by atoms with Crippen molar-refractivity contribution in [1.82, 2.24) is 0 Å². The van der Waals surface area contributed by atoms with Crippen molar-refractivity contribution in [2.24, 2.45) is 17.3 Å². The summed E-state index contributed by atoms with van der Waals surface area (Å²) in [7, 11) is 0. The summed E-state index contributed by atoms with van der Waals surface area (Å²) in [4.78, 5) is 12.2. The lowest BCUT2D eigenvalue weighted by Crippen LogP contribution is -2.46. The lowest BCUT2D eigenvalue weighted by atomic mass is 9.60. The highest BCUT2D eigenvalue weighted by atomic mass is 16.5. The Morgan fingerprint density at radius 3 is 2.65 bits per heavy atom. The molecule has 0 saturated heterocycles.